The lowest BCUT2D eigenvalue weighted by molar-refractivity contribution is 0.0998. The van der Waals surface area contributed by atoms with E-state index in [1.807, 2.05) is 0 Å². The number of hydrogen-bond donors (Lipinski definition) is 2. The number of ketones is 2. The van der Waals surface area contributed by atoms with Crippen LogP contribution in [-0.4, -0.2) is 50.2 Å². The maximum absolute atomic E-state index is 12.1. The molecule has 0 radical (unpaired) electrons. The standard InChI is InChI=1S/C20H22O8/c1-9(21)15-11(25-3)7-13(27-5)17(19(15)23)18-14(28-6)8-12(26-4)16(10(2)22)20(18)24/h7-8,23-24H,1-6H3. The number of phenolic OH excluding ortho intramolecular Hbond substituents is 2. The first-order valence-corrected chi connectivity index (χ1v) is 8.21. The number of ether oxygens (including phenoxy) is 4. The Bertz CT molecular complexity index is 869. The average Bonchev–Trinajstić information content (AvgIpc) is 2.65. The summed E-state index contributed by atoms with van der Waals surface area (Å²) < 4.78 is 21.0. The zero-order valence-electron chi connectivity index (χ0n) is 16.5. The van der Waals surface area contributed by atoms with Gasteiger partial charge in [-0.15, -0.1) is 0 Å². The molecular formula is C20H22O8. The predicted octanol–water partition coefficient (Wildman–Crippen LogP) is 3.20. The normalized spacial score (nSPS) is 10.4. The van der Waals surface area contributed by atoms with Crippen molar-refractivity contribution in [3.05, 3.63) is 23.3 Å². The van der Waals surface area contributed by atoms with Crippen LogP contribution in [0.3, 0.4) is 0 Å². The molecule has 0 amide bonds. The van der Waals surface area contributed by atoms with Gasteiger partial charge in [-0.05, 0) is 13.8 Å². The molecule has 0 unspecified atom stereocenters. The average molecular weight is 390 g/mol. The number of Topliss-reactive ketones (excluding diaryl/α,β-unsaturated/α-hetero) is 2. The first kappa shape index (κ1) is 20.9. The van der Waals surface area contributed by atoms with Crippen LogP contribution in [-0.2, 0) is 0 Å². The molecule has 0 aliphatic rings. The lowest BCUT2D eigenvalue weighted by Gasteiger charge is -2.21. The van der Waals surface area contributed by atoms with E-state index in [4.69, 9.17) is 18.9 Å². The quantitative estimate of drug-likeness (QED) is 0.693. The topological polar surface area (TPSA) is 112 Å². The molecule has 0 saturated carbocycles. The van der Waals surface area contributed by atoms with Gasteiger partial charge in [-0.25, -0.2) is 0 Å². The Hall–Kier alpha value is -3.42. The Kier molecular flexibility index (Phi) is 6.03. The van der Waals surface area contributed by atoms with Crippen molar-refractivity contribution in [1.29, 1.82) is 0 Å². The third kappa shape index (κ3) is 3.28. The third-order valence-corrected chi connectivity index (χ3v) is 4.29. The van der Waals surface area contributed by atoms with Crippen molar-refractivity contribution in [2.45, 2.75) is 13.8 Å². The predicted molar refractivity (Wildman–Crippen MR) is 101 cm³/mol. The van der Waals surface area contributed by atoms with Gasteiger partial charge in [-0.1, -0.05) is 0 Å². The molecule has 150 valence electrons. The summed E-state index contributed by atoms with van der Waals surface area (Å²) in [7, 11) is 5.40. The highest BCUT2D eigenvalue weighted by atomic mass is 16.5. The van der Waals surface area contributed by atoms with Crippen molar-refractivity contribution in [2.24, 2.45) is 0 Å². The molecule has 0 saturated heterocycles. The monoisotopic (exact) mass is 390 g/mol. The van der Waals surface area contributed by atoms with Crippen LogP contribution in [0, 0.1) is 0 Å². The van der Waals surface area contributed by atoms with Gasteiger partial charge in [0.15, 0.2) is 11.6 Å². The fourth-order valence-electron chi connectivity index (χ4n) is 3.05. The van der Waals surface area contributed by atoms with Crippen molar-refractivity contribution in [2.75, 3.05) is 28.4 Å². The van der Waals surface area contributed by atoms with E-state index < -0.39 is 23.1 Å². The molecule has 0 spiro atoms. The molecule has 0 heterocycles. The van der Waals surface area contributed by atoms with E-state index in [0.717, 1.165) is 0 Å². The Morgan fingerprint density at radius 2 is 0.929 bits per heavy atom. The van der Waals surface area contributed by atoms with Gasteiger partial charge in [0.1, 0.15) is 45.6 Å². The number of aromatic hydroxyl groups is 2. The number of hydrogen-bond acceptors (Lipinski definition) is 8. The number of methoxy groups -OCH3 is 4. The minimum absolute atomic E-state index is 0.0204. The Morgan fingerprint density at radius 3 is 1.14 bits per heavy atom. The van der Waals surface area contributed by atoms with Gasteiger partial charge in [0.2, 0.25) is 0 Å². The van der Waals surface area contributed by atoms with E-state index in [1.165, 1.54) is 54.4 Å². The largest absolute Gasteiger partial charge is 0.506 e. The SMILES string of the molecule is COc1cc(OC)c(-c2c(OC)cc(OC)c(C(C)=O)c2O)c(O)c1C(C)=O. The summed E-state index contributed by atoms with van der Waals surface area (Å²) in [5.41, 5.74) is -0.235. The first-order chi connectivity index (χ1) is 13.2. The van der Waals surface area contributed by atoms with Crippen LogP contribution in [0.1, 0.15) is 34.6 Å². The summed E-state index contributed by atoms with van der Waals surface area (Å²) >= 11 is 0. The lowest BCUT2D eigenvalue weighted by atomic mass is 9.93. The van der Waals surface area contributed by atoms with Gasteiger partial charge in [0.25, 0.3) is 0 Å². The van der Waals surface area contributed by atoms with Crippen molar-refractivity contribution in [3.63, 3.8) is 0 Å². The molecule has 8 nitrogen and oxygen atoms in total. The number of rotatable bonds is 7. The van der Waals surface area contributed by atoms with Gasteiger partial charge in [0, 0.05) is 12.1 Å². The van der Waals surface area contributed by atoms with Gasteiger partial charge in [-0.2, -0.15) is 0 Å². The molecule has 2 aromatic carbocycles. The molecule has 0 fully saturated rings. The molecule has 8 heteroatoms. The van der Waals surface area contributed by atoms with Crippen LogP contribution in [0.15, 0.2) is 12.1 Å². The Labute approximate surface area is 162 Å². The molecule has 28 heavy (non-hydrogen) atoms. The second-order valence-electron chi connectivity index (χ2n) is 5.87. The van der Waals surface area contributed by atoms with Crippen molar-refractivity contribution in [3.8, 4) is 45.6 Å². The van der Waals surface area contributed by atoms with E-state index >= 15 is 0 Å². The second kappa shape index (κ2) is 8.08. The zero-order valence-corrected chi connectivity index (χ0v) is 16.5. The van der Waals surface area contributed by atoms with Gasteiger partial charge >= 0.3 is 0 Å². The Morgan fingerprint density at radius 1 is 0.643 bits per heavy atom. The van der Waals surface area contributed by atoms with Crippen LogP contribution >= 0.6 is 0 Å². The van der Waals surface area contributed by atoms with Crippen molar-refractivity contribution < 1.29 is 38.7 Å². The van der Waals surface area contributed by atoms with Gasteiger partial charge in [-0.3, -0.25) is 9.59 Å². The van der Waals surface area contributed by atoms with E-state index in [9.17, 15) is 19.8 Å². The summed E-state index contributed by atoms with van der Waals surface area (Å²) in [6.07, 6.45) is 0. The molecule has 0 aromatic heterocycles. The van der Waals surface area contributed by atoms with E-state index in [0.29, 0.717) is 0 Å². The molecule has 2 aromatic rings. The Balaban J connectivity index is 3.07. The minimum atomic E-state index is -0.475. The number of benzene rings is 2. The molecule has 0 aliphatic carbocycles. The van der Waals surface area contributed by atoms with Crippen molar-refractivity contribution >= 4 is 11.6 Å². The van der Waals surface area contributed by atoms with Crippen LogP contribution in [0.25, 0.3) is 11.1 Å². The van der Waals surface area contributed by atoms with Crippen molar-refractivity contribution in [1.82, 2.24) is 0 Å². The second-order valence-corrected chi connectivity index (χ2v) is 5.87. The van der Waals surface area contributed by atoms with E-state index in [2.05, 4.69) is 0 Å². The van der Waals surface area contributed by atoms with Crippen LogP contribution in [0.5, 0.6) is 34.5 Å². The highest BCUT2D eigenvalue weighted by molar-refractivity contribution is 6.07. The molecule has 0 aliphatic heterocycles. The number of carbonyl (C=O) groups excluding carboxylic acids is 2. The number of phenols is 2. The first-order valence-electron chi connectivity index (χ1n) is 8.21. The molecule has 2 rings (SSSR count). The maximum Gasteiger partial charge on any atom is 0.167 e. The summed E-state index contributed by atoms with van der Waals surface area (Å²) in [6, 6.07) is 2.81. The minimum Gasteiger partial charge on any atom is -0.506 e. The number of carbonyl (C=O) groups is 2. The van der Waals surface area contributed by atoms with Gasteiger partial charge in [0.05, 0.1) is 39.6 Å². The zero-order chi connectivity index (χ0) is 21.2. The smallest absolute Gasteiger partial charge is 0.167 e. The van der Waals surface area contributed by atoms with E-state index in [1.54, 1.807) is 0 Å². The van der Waals surface area contributed by atoms with E-state index in [-0.39, 0.29) is 45.3 Å². The van der Waals surface area contributed by atoms with Gasteiger partial charge < -0.3 is 29.2 Å². The fourth-order valence-corrected chi connectivity index (χ4v) is 3.05. The third-order valence-electron chi connectivity index (χ3n) is 4.29. The maximum atomic E-state index is 12.1. The van der Waals surface area contributed by atoms with Crippen LogP contribution < -0.4 is 18.9 Å². The molecule has 0 bridgehead atoms. The summed E-state index contributed by atoms with van der Waals surface area (Å²) in [5, 5.41) is 21.7. The lowest BCUT2D eigenvalue weighted by Crippen LogP contribution is -2.05. The summed E-state index contributed by atoms with van der Waals surface area (Å²) in [4.78, 5) is 24.2. The van der Waals surface area contributed by atoms with Crippen LogP contribution in [0.4, 0.5) is 0 Å². The highest BCUT2D eigenvalue weighted by Crippen LogP contribution is 2.53. The molecule has 2 N–H and O–H groups in total. The summed E-state index contributed by atoms with van der Waals surface area (Å²) in [5.74, 6) is -1.46. The summed E-state index contributed by atoms with van der Waals surface area (Å²) in [6.45, 7) is 2.53. The fraction of sp³-hybridized carbons (Fsp3) is 0.300. The highest BCUT2D eigenvalue weighted by Gasteiger charge is 2.30. The molecular weight excluding hydrogens is 368 g/mol. The van der Waals surface area contributed by atoms with Crippen LogP contribution in [0.2, 0.25) is 0 Å². The molecule has 0 atom stereocenters.